The molecule has 0 aliphatic carbocycles. The third-order valence-electron chi connectivity index (χ3n) is 6.48. The van der Waals surface area contributed by atoms with Gasteiger partial charge in [-0.2, -0.15) is 0 Å². The van der Waals surface area contributed by atoms with Crippen LogP contribution in [0, 0.1) is 5.92 Å². The summed E-state index contributed by atoms with van der Waals surface area (Å²) >= 11 is 0. The minimum absolute atomic E-state index is 0.605. The second kappa shape index (κ2) is 25.5. The summed E-state index contributed by atoms with van der Waals surface area (Å²) in [4.78, 5) is 10.3. The molecule has 0 spiro atoms. The van der Waals surface area contributed by atoms with Crippen LogP contribution in [0.25, 0.3) is 0 Å². The van der Waals surface area contributed by atoms with Crippen LogP contribution < -0.4 is 5.32 Å². The maximum atomic E-state index is 10.3. The third-order valence-corrected chi connectivity index (χ3v) is 6.48. The highest BCUT2D eigenvalue weighted by molar-refractivity contribution is 5.64. The number of carboxylic acid groups (broad SMARTS) is 1. The molecule has 0 bridgehead atoms. The van der Waals surface area contributed by atoms with Crippen LogP contribution in [0.1, 0.15) is 162 Å². The maximum Gasteiger partial charge on any atom is 0.404 e. The molecule has 31 heavy (non-hydrogen) atoms. The molecule has 1 amide bonds. The molecule has 0 unspecified atom stereocenters. The molecule has 0 heterocycles. The zero-order valence-electron chi connectivity index (χ0n) is 21.4. The zero-order valence-corrected chi connectivity index (χ0v) is 21.4. The van der Waals surface area contributed by atoms with Crippen molar-refractivity contribution in [3.05, 3.63) is 0 Å². The summed E-state index contributed by atoms with van der Waals surface area (Å²) in [6.45, 7) is 5.27. The number of rotatable bonds is 25. The highest BCUT2D eigenvalue weighted by Crippen LogP contribution is 2.16. The lowest BCUT2D eigenvalue weighted by Crippen LogP contribution is -2.21. The topological polar surface area (TPSA) is 49.3 Å². The van der Waals surface area contributed by atoms with Gasteiger partial charge in [-0.25, -0.2) is 4.79 Å². The first-order valence-electron chi connectivity index (χ1n) is 14.1. The number of hydrogen-bond donors (Lipinski definition) is 2. The third kappa shape index (κ3) is 29.3. The van der Waals surface area contributed by atoms with Gasteiger partial charge in [-0.3, -0.25) is 0 Å². The minimum atomic E-state index is -0.899. The zero-order chi connectivity index (χ0) is 22.8. The fourth-order valence-electron chi connectivity index (χ4n) is 4.41. The summed E-state index contributed by atoms with van der Waals surface area (Å²) < 4.78 is 0. The van der Waals surface area contributed by atoms with Crippen molar-refractivity contribution in [2.24, 2.45) is 5.92 Å². The Balaban J connectivity index is 3.01. The molecule has 3 heteroatoms. The number of amides is 1. The van der Waals surface area contributed by atoms with Crippen LogP contribution in [0.15, 0.2) is 0 Å². The van der Waals surface area contributed by atoms with Crippen molar-refractivity contribution in [2.75, 3.05) is 6.54 Å². The van der Waals surface area contributed by atoms with E-state index in [1.165, 1.54) is 135 Å². The molecule has 0 atom stereocenters. The van der Waals surface area contributed by atoms with Gasteiger partial charge in [0.1, 0.15) is 0 Å². The number of unbranched alkanes of at least 4 members (excludes halogenated alkanes) is 21. The van der Waals surface area contributed by atoms with Gasteiger partial charge in [0, 0.05) is 6.54 Å². The second-order valence-electron chi connectivity index (χ2n) is 10.2. The van der Waals surface area contributed by atoms with E-state index in [2.05, 4.69) is 19.2 Å². The van der Waals surface area contributed by atoms with Crippen LogP contribution in [-0.2, 0) is 0 Å². The van der Waals surface area contributed by atoms with Gasteiger partial charge in [0.15, 0.2) is 0 Å². The lowest BCUT2D eigenvalue weighted by atomic mass is 10.0. The van der Waals surface area contributed by atoms with E-state index in [0.29, 0.717) is 6.54 Å². The van der Waals surface area contributed by atoms with Gasteiger partial charge in [-0.15, -0.1) is 0 Å². The average Bonchev–Trinajstić information content (AvgIpc) is 2.73. The molecule has 0 rings (SSSR count). The lowest BCUT2D eigenvalue weighted by Gasteiger charge is -2.05. The van der Waals surface area contributed by atoms with Crippen molar-refractivity contribution in [3.63, 3.8) is 0 Å². The van der Waals surface area contributed by atoms with Gasteiger partial charge in [-0.1, -0.05) is 155 Å². The largest absolute Gasteiger partial charge is 0.465 e. The summed E-state index contributed by atoms with van der Waals surface area (Å²) in [6.07, 6.45) is 31.1. The summed E-state index contributed by atoms with van der Waals surface area (Å²) in [6, 6.07) is 0. The fraction of sp³-hybridized carbons (Fsp3) is 0.964. The highest BCUT2D eigenvalue weighted by atomic mass is 16.4. The van der Waals surface area contributed by atoms with Gasteiger partial charge in [0.2, 0.25) is 0 Å². The molecule has 0 aromatic heterocycles. The van der Waals surface area contributed by atoms with Gasteiger partial charge in [0.05, 0.1) is 0 Å². The molecule has 0 aliphatic heterocycles. The number of hydrogen-bond acceptors (Lipinski definition) is 1. The Labute approximate surface area is 195 Å². The van der Waals surface area contributed by atoms with Crippen molar-refractivity contribution in [3.8, 4) is 0 Å². The van der Waals surface area contributed by atoms with Crippen LogP contribution in [0.5, 0.6) is 0 Å². The van der Waals surface area contributed by atoms with Gasteiger partial charge >= 0.3 is 6.09 Å². The van der Waals surface area contributed by atoms with Crippen molar-refractivity contribution in [1.82, 2.24) is 5.32 Å². The second-order valence-corrected chi connectivity index (χ2v) is 10.2. The lowest BCUT2D eigenvalue weighted by molar-refractivity contribution is 0.194. The smallest absolute Gasteiger partial charge is 0.404 e. The van der Waals surface area contributed by atoms with E-state index in [4.69, 9.17) is 5.11 Å². The van der Waals surface area contributed by atoms with Crippen LogP contribution in [0.3, 0.4) is 0 Å². The first kappa shape index (κ1) is 30.3. The summed E-state index contributed by atoms with van der Waals surface area (Å²) in [5.41, 5.74) is 0. The van der Waals surface area contributed by atoms with E-state index < -0.39 is 6.09 Å². The van der Waals surface area contributed by atoms with Gasteiger partial charge < -0.3 is 10.4 Å². The Morgan fingerprint density at radius 2 is 0.774 bits per heavy atom. The molecular formula is C28H57NO2. The van der Waals surface area contributed by atoms with E-state index >= 15 is 0 Å². The van der Waals surface area contributed by atoms with E-state index in [1.54, 1.807) is 0 Å². The summed E-state index contributed by atoms with van der Waals surface area (Å²) in [5, 5.41) is 10.9. The molecule has 3 nitrogen and oxygen atoms in total. The van der Waals surface area contributed by atoms with Crippen LogP contribution in [0.2, 0.25) is 0 Å². The van der Waals surface area contributed by atoms with E-state index in [0.717, 1.165) is 18.8 Å². The van der Waals surface area contributed by atoms with Crippen LogP contribution in [-0.4, -0.2) is 17.7 Å². The van der Waals surface area contributed by atoms with Crippen LogP contribution in [0.4, 0.5) is 4.79 Å². The van der Waals surface area contributed by atoms with Crippen molar-refractivity contribution < 1.29 is 9.90 Å². The monoisotopic (exact) mass is 439 g/mol. The molecule has 0 radical (unpaired) electrons. The highest BCUT2D eigenvalue weighted by Gasteiger charge is 1.97. The Bertz CT molecular complexity index is 357. The van der Waals surface area contributed by atoms with Crippen LogP contribution >= 0.6 is 0 Å². The first-order chi connectivity index (χ1) is 15.1. The predicted octanol–water partition coefficient (Wildman–Crippen LogP) is 9.88. The number of nitrogens with one attached hydrogen (secondary N) is 1. The Morgan fingerprint density at radius 3 is 1.03 bits per heavy atom. The van der Waals surface area contributed by atoms with Crippen molar-refractivity contribution in [1.29, 1.82) is 0 Å². The van der Waals surface area contributed by atoms with E-state index in [-0.39, 0.29) is 0 Å². The standard InChI is InChI=1S/C28H57NO2/c1-27(2)25-23-21-19-17-15-13-11-9-7-5-3-4-6-8-10-12-14-16-18-20-22-24-26-29-28(30)31/h27,29H,3-26H2,1-2H3,(H,30,31). The van der Waals surface area contributed by atoms with E-state index in [1.807, 2.05) is 0 Å². The Morgan fingerprint density at radius 1 is 0.516 bits per heavy atom. The van der Waals surface area contributed by atoms with Gasteiger partial charge in [0.25, 0.3) is 0 Å². The maximum absolute atomic E-state index is 10.3. The van der Waals surface area contributed by atoms with E-state index in [9.17, 15) is 4.79 Å². The van der Waals surface area contributed by atoms with Crippen molar-refractivity contribution >= 4 is 6.09 Å². The van der Waals surface area contributed by atoms with Gasteiger partial charge in [-0.05, 0) is 12.3 Å². The molecule has 0 aromatic rings. The Hall–Kier alpha value is -0.730. The molecule has 0 aromatic carbocycles. The minimum Gasteiger partial charge on any atom is -0.465 e. The predicted molar refractivity (Wildman–Crippen MR) is 137 cm³/mol. The molecule has 0 saturated heterocycles. The average molecular weight is 440 g/mol. The molecule has 0 fully saturated rings. The molecular weight excluding hydrogens is 382 g/mol. The molecule has 0 aliphatic rings. The molecule has 0 saturated carbocycles. The number of carbonyl (C=O) groups is 1. The Kier molecular flexibility index (Phi) is 24.9. The normalized spacial score (nSPS) is 11.3. The molecule has 186 valence electrons. The summed E-state index contributed by atoms with van der Waals surface area (Å²) in [5.74, 6) is 0.884. The molecule has 2 N–H and O–H groups in total. The summed E-state index contributed by atoms with van der Waals surface area (Å²) in [7, 11) is 0. The SMILES string of the molecule is CC(C)CCCCCCCCCCCCCCCCCCCCCCCCNC(=O)O. The van der Waals surface area contributed by atoms with Crippen molar-refractivity contribution in [2.45, 2.75) is 162 Å². The fourth-order valence-corrected chi connectivity index (χ4v) is 4.41. The first-order valence-corrected chi connectivity index (χ1v) is 14.1. The quantitative estimate of drug-likeness (QED) is 0.139.